The lowest BCUT2D eigenvalue weighted by atomic mass is 10.1. The van der Waals surface area contributed by atoms with E-state index in [-0.39, 0.29) is 11.4 Å². The minimum absolute atomic E-state index is 0.153. The summed E-state index contributed by atoms with van der Waals surface area (Å²) in [6.07, 6.45) is 0.631. The van der Waals surface area contributed by atoms with Crippen LogP contribution in [0.25, 0.3) is 0 Å². The number of benzene rings is 1. The molecule has 0 aliphatic rings. The van der Waals surface area contributed by atoms with Crippen LogP contribution in [0.1, 0.15) is 12.5 Å². The fraction of sp³-hybridized carbons (Fsp3) is 0.273. The Labute approximate surface area is 110 Å². The number of anilines is 1. The van der Waals surface area contributed by atoms with Gasteiger partial charge in [0.1, 0.15) is 0 Å². The van der Waals surface area contributed by atoms with Gasteiger partial charge in [0, 0.05) is 16.7 Å². The van der Waals surface area contributed by atoms with E-state index in [1.807, 2.05) is 6.92 Å². The number of hydrogen-bond acceptors (Lipinski definition) is 3. The first-order valence-electron chi connectivity index (χ1n) is 5.08. The summed E-state index contributed by atoms with van der Waals surface area (Å²) in [5, 5.41) is 0. The fourth-order valence-electron chi connectivity index (χ4n) is 1.36. The van der Waals surface area contributed by atoms with Gasteiger partial charge in [0.2, 0.25) is 10.0 Å². The summed E-state index contributed by atoms with van der Waals surface area (Å²) in [5.41, 5.74) is 6.79. The highest BCUT2D eigenvalue weighted by Crippen LogP contribution is 2.19. The second kappa shape index (κ2) is 5.66. The second-order valence-electron chi connectivity index (χ2n) is 3.56. The van der Waals surface area contributed by atoms with Crippen LogP contribution in [-0.4, -0.2) is 15.0 Å². The molecule has 0 aliphatic carbocycles. The quantitative estimate of drug-likeness (QED) is 0.816. The van der Waals surface area contributed by atoms with E-state index in [0.29, 0.717) is 16.6 Å². The molecule has 0 radical (unpaired) electrons. The highest BCUT2D eigenvalue weighted by molar-refractivity contribution is 9.11. The van der Waals surface area contributed by atoms with Gasteiger partial charge in [-0.25, -0.2) is 13.1 Å². The first kappa shape index (κ1) is 14.2. The molecule has 1 aromatic rings. The third-order valence-corrected chi connectivity index (χ3v) is 3.98. The number of sulfonamides is 1. The van der Waals surface area contributed by atoms with Crippen molar-refractivity contribution in [3.8, 4) is 0 Å². The van der Waals surface area contributed by atoms with E-state index in [9.17, 15) is 8.42 Å². The van der Waals surface area contributed by atoms with Crippen LogP contribution in [0, 0.1) is 0 Å². The average Bonchev–Trinajstić information content (AvgIpc) is 2.26. The Morgan fingerprint density at radius 3 is 2.71 bits per heavy atom. The van der Waals surface area contributed by atoms with Gasteiger partial charge in [0.05, 0.1) is 4.90 Å². The molecule has 6 heteroatoms. The van der Waals surface area contributed by atoms with E-state index in [0.717, 1.165) is 5.56 Å². The molecule has 3 N–H and O–H groups in total. The van der Waals surface area contributed by atoms with Crippen molar-refractivity contribution >= 4 is 31.6 Å². The normalized spacial score (nSPS) is 11.4. The summed E-state index contributed by atoms with van der Waals surface area (Å²) >= 11 is 3.10. The number of hydrogen-bond donors (Lipinski definition) is 2. The lowest BCUT2D eigenvalue weighted by molar-refractivity contribution is 0.584. The Morgan fingerprint density at radius 2 is 2.18 bits per heavy atom. The predicted octanol–water partition coefficient (Wildman–Crippen LogP) is 2.02. The van der Waals surface area contributed by atoms with Crippen molar-refractivity contribution in [2.45, 2.75) is 18.2 Å². The topological polar surface area (TPSA) is 72.2 Å². The molecule has 0 spiro atoms. The Kier molecular flexibility index (Phi) is 4.73. The van der Waals surface area contributed by atoms with Gasteiger partial charge in [-0.05, 0) is 24.1 Å². The third kappa shape index (κ3) is 3.83. The van der Waals surface area contributed by atoms with Crippen molar-refractivity contribution in [1.29, 1.82) is 0 Å². The fourth-order valence-corrected chi connectivity index (χ4v) is 3.06. The third-order valence-electron chi connectivity index (χ3n) is 2.22. The Balaban J connectivity index is 3.13. The van der Waals surface area contributed by atoms with Gasteiger partial charge in [-0.2, -0.15) is 0 Å². The number of nitrogen functional groups attached to an aromatic ring is 1. The van der Waals surface area contributed by atoms with Crippen LogP contribution in [0.2, 0.25) is 0 Å². The van der Waals surface area contributed by atoms with Crippen LogP contribution in [0.15, 0.2) is 34.2 Å². The zero-order valence-electron chi connectivity index (χ0n) is 9.53. The van der Waals surface area contributed by atoms with E-state index >= 15 is 0 Å². The lowest BCUT2D eigenvalue weighted by Gasteiger charge is -2.10. The van der Waals surface area contributed by atoms with Gasteiger partial charge in [-0.15, -0.1) is 0 Å². The zero-order chi connectivity index (χ0) is 13.1. The van der Waals surface area contributed by atoms with Gasteiger partial charge in [0.15, 0.2) is 0 Å². The second-order valence-corrected chi connectivity index (χ2v) is 6.42. The van der Waals surface area contributed by atoms with Crippen LogP contribution < -0.4 is 10.5 Å². The number of rotatable bonds is 5. The van der Waals surface area contributed by atoms with Gasteiger partial charge in [-0.1, -0.05) is 35.5 Å². The highest BCUT2D eigenvalue weighted by Gasteiger charge is 2.17. The summed E-state index contributed by atoms with van der Waals surface area (Å²) in [7, 11) is -3.54. The highest BCUT2D eigenvalue weighted by atomic mass is 79.9. The van der Waals surface area contributed by atoms with Gasteiger partial charge in [-0.3, -0.25) is 0 Å². The van der Waals surface area contributed by atoms with Crippen molar-refractivity contribution < 1.29 is 8.42 Å². The van der Waals surface area contributed by atoms with Crippen LogP contribution >= 0.6 is 15.9 Å². The first-order chi connectivity index (χ1) is 7.86. The van der Waals surface area contributed by atoms with Crippen molar-refractivity contribution in [3.63, 3.8) is 0 Å². The maximum absolute atomic E-state index is 12.0. The minimum atomic E-state index is -3.54. The van der Waals surface area contributed by atoms with E-state index < -0.39 is 10.0 Å². The monoisotopic (exact) mass is 318 g/mol. The maximum atomic E-state index is 12.0. The first-order valence-corrected chi connectivity index (χ1v) is 7.35. The molecule has 94 valence electrons. The van der Waals surface area contributed by atoms with E-state index in [1.54, 1.807) is 12.1 Å². The maximum Gasteiger partial charge on any atom is 0.241 e. The molecule has 0 aromatic heterocycles. The molecule has 0 heterocycles. The molecule has 0 fully saturated rings. The molecule has 0 bridgehead atoms. The SMILES string of the molecule is C=C(Br)CNS(=O)(=O)c1cc(N)ccc1CC. The molecule has 0 amide bonds. The molecule has 0 saturated carbocycles. The predicted molar refractivity (Wildman–Crippen MR) is 73.5 cm³/mol. The Hall–Kier alpha value is -0.850. The van der Waals surface area contributed by atoms with Gasteiger partial charge in [0.25, 0.3) is 0 Å². The largest absolute Gasteiger partial charge is 0.399 e. The molecular weight excluding hydrogens is 304 g/mol. The minimum Gasteiger partial charge on any atom is -0.399 e. The lowest BCUT2D eigenvalue weighted by Crippen LogP contribution is -2.25. The van der Waals surface area contributed by atoms with Crippen molar-refractivity contribution in [1.82, 2.24) is 4.72 Å². The Morgan fingerprint density at radius 1 is 1.53 bits per heavy atom. The summed E-state index contributed by atoms with van der Waals surface area (Å²) in [4.78, 5) is 0.230. The van der Waals surface area contributed by atoms with Crippen LogP contribution in [0.4, 0.5) is 5.69 Å². The average molecular weight is 319 g/mol. The zero-order valence-corrected chi connectivity index (χ0v) is 11.9. The van der Waals surface area contributed by atoms with Crippen molar-refractivity contribution in [3.05, 3.63) is 34.8 Å². The number of nitrogens with one attached hydrogen (secondary N) is 1. The van der Waals surface area contributed by atoms with E-state index in [4.69, 9.17) is 5.73 Å². The summed E-state index contributed by atoms with van der Waals surface area (Å²) in [6.45, 7) is 5.63. The van der Waals surface area contributed by atoms with E-state index in [2.05, 4.69) is 27.2 Å². The summed E-state index contributed by atoms with van der Waals surface area (Å²) in [5.74, 6) is 0. The summed E-state index contributed by atoms with van der Waals surface area (Å²) in [6, 6.07) is 4.90. The smallest absolute Gasteiger partial charge is 0.241 e. The van der Waals surface area contributed by atoms with Crippen molar-refractivity contribution in [2.75, 3.05) is 12.3 Å². The van der Waals surface area contributed by atoms with Gasteiger partial charge >= 0.3 is 0 Å². The molecular formula is C11H15BrN2O2S. The van der Waals surface area contributed by atoms with Gasteiger partial charge < -0.3 is 5.73 Å². The molecule has 17 heavy (non-hydrogen) atoms. The molecule has 1 aromatic carbocycles. The standard InChI is InChI=1S/C11H15BrN2O2S/c1-3-9-4-5-10(13)6-11(9)17(15,16)14-7-8(2)12/h4-6,14H,2-3,7,13H2,1H3. The number of aryl methyl sites for hydroxylation is 1. The van der Waals surface area contributed by atoms with Crippen LogP contribution in [0.3, 0.4) is 0 Å². The van der Waals surface area contributed by atoms with Crippen LogP contribution in [0.5, 0.6) is 0 Å². The molecule has 0 saturated heterocycles. The number of halogens is 1. The van der Waals surface area contributed by atoms with Crippen LogP contribution in [-0.2, 0) is 16.4 Å². The molecule has 4 nitrogen and oxygen atoms in total. The molecule has 0 atom stereocenters. The molecule has 1 rings (SSSR count). The number of nitrogens with two attached hydrogens (primary N) is 1. The van der Waals surface area contributed by atoms with Crippen molar-refractivity contribution in [2.24, 2.45) is 0 Å². The molecule has 0 aliphatic heterocycles. The molecule has 0 unspecified atom stereocenters. The van der Waals surface area contributed by atoms with E-state index in [1.165, 1.54) is 6.07 Å². The summed E-state index contributed by atoms with van der Waals surface area (Å²) < 4.78 is 27.1. The Bertz CT molecular complexity index is 526.